The summed E-state index contributed by atoms with van der Waals surface area (Å²) in [4.78, 5) is 10.9. The molecule has 2 rings (SSSR count). The fourth-order valence-electron chi connectivity index (χ4n) is 2.27. The lowest BCUT2D eigenvalue weighted by molar-refractivity contribution is 0.0697. The molecule has 0 amide bonds. The van der Waals surface area contributed by atoms with Crippen LogP contribution < -0.4 is 9.47 Å². The third-order valence-electron chi connectivity index (χ3n) is 3.41. The van der Waals surface area contributed by atoms with Crippen molar-refractivity contribution >= 4 is 33.5 Å². The van der Waals surface area contributed by atoms with Crippen LogP contribution in [0.4, 0.5) is 0 Å². The molecular formula is C19H16BrNO4. The van der Waals surface area contributed by atoms with E-state index in [1.807, 2.05) is 13.0 Å². The summed E-state index contributed by atoms with van der Waals surface area (Å²) in [5, 5.41) is 18.4. The number of carboxylic acid groups (broad SMARTS) is 1. The minimum atomic E-state index is -1.01. The Kier molecular flexibility index (Phi) is 6.20. The van der Waals surface area contributed by atoms with Gasteiger partial charge in [0.1, 0.15) is 0 Å². The molecule has 0 aliphatic heterocycles. The highest BCUT2D eigenvalue weighted by molar-refractivity contribution is 9.10. The zero-order valence-electron chi connectivity index (χ0n) is 13.7. The monoisotopic (exact) mass is 401 g/mol. The molecule has 0 heterocycles. The molecule has 2 aromatic carbocycles. The van der Waals surface area contributed by atoms with E-state index in [0.29, 0.717) is 33.7 Å². The van der Waals surface area contributed by atoms with Crippen molar-refractivity contribution in [1.29, 1.82) is 5.26 Å². The molecule has 0 spiro atoms. The van der Waals surface area contributed by atoms with Gasteiger partial charge >= 0.3 is 5.97 Å². The Morgan fingerprint density at radius 1 is 1.28 bits per heavy atom. The largest absolute Gasteiger partial charge is 0.492 e. The van der Waals surface area contributed by atoms with Gasteiger partial charge in [0.25, 0.3) is 0 Å². The van der Waals surface area contributed by atoms with Crippen molar-refractivity contribution in [3.63, 3.8) is 0 Å². The Hall–Kier alpha value is -2.78. The van der Waals surface area contributed by atoms with E-state index in [-0.39, 0.29) is 5.56 Å². The number of nitrogens with zero attached hydrogens (tertiary/aromatic N) is 1. The Morgan fingerprint density at radius 3 is 2.44 bits per heavy atom. The van der Waals surface area contributed by atoms with Crippen LogP contribution in [0.25, 0.3) is 11.6 Å². The molecule has 0 saturated heterocycles. The Labute approximate surface area is 154 Å². The maximum atomic E-state index is 10.9. The van der Waals surface area contributed by atoms with Gasteiger partial charge in [-0.25, -0.2) is 4.79 Å². The van der Waals surface area contributed by atoms with Crippen LogP contribution in [0.5, 0.6) is 11.5 Å². The number of allylic oxidation sites excluding steroid dienone is 1. The highest BCUT2D eigenvalue weighted by Crippen LogP contribution is 2.37. The van der Waals surface area contributed by atoms with Gasteiger partial charge in [0, 0.05) is 0 Å². The molecule has 2 aromatic rings. The zero-order valence-corrected chi connectivity index (χ0v) is 15.3. The van der Waals surface area contributed by atoms with E-state index in [1.54, 1.807) is 31.4 Å². The summed E-state index contributed by atoms with van der Waals surface area (Å²) in [7, 11) is 1.56. The quantitative estimate of drug-likeness (QED) is 0.564. The van der Waals surface area contributed by atoms with Crippen molar-refractivity contribution < 1.29 is 19.4 Å². The average molecular weight is 402 g/mol. The normalized spacial score (nSPS) is 10.9. The van der Waals surface area contributed by atoms with Gasteiger partial charge in [-0.2, -0.15) is 5.26 Å². The van der Waals surface area contributed by atoms with Gasteiger partial charge in [0.2, 0.25) is 0 Å². The first-order valence-corrected chi connectivity index (χ1v) is 8.25. The van der Waals surface area contributed by atoms with Crippen LogP contribution in [0.1, 0.15) is 28.4 Å². The molecule has 6 heteroatoms. The number of halogens is 1. The van der Waals surface area contributed by atoms with Crippen molar-refractivity contribution in [2.45, 2.75) is 6.92 Å². The van der Waals surface area contributed by atoms with E-state index < -0.39 is 5.97 Å². The van der Waals surface area contributed by atoms with Crippen LogP contribution in [-0.2, 0) is 0 Å². The Morgan fingerprint density at radius 2 is 1.92 bits per heavy atom. The Bertz CT molecular complexity index is 851. The highest BCUT2D eigenvalue weighted by atomic mass is 79.9. The fraction of sp³-hybridized carbons (Fsp3) is 0.158. The molecule has 0 radical (unpaired) electrons. The number of rotatable bonds is 6. The number of ether oxygens (including phenoxy) is 2. The second-order valence-electron chi connectivity index (χ2n) is 5.02. The second kappa shape index (κ2) is 8.36. The molecule has 1 N–H and O–H groups in total. The summed E-state index contributed by atoms with van der Waals surface area (Å²) in [5.74, 6) is 0.155. The van der Waals surface area contributed by atoms with E-state index in [4.69, 9.17) is 14.6 Å². The van der Waals surface area contributed by atoms with Gasteiger partial charge in [-0.05, 0) is 64.3 Å². The van der Waals surface area contributed by atoms with Crippen LogP contribution in [0, 0.1) is 11.3 Å². The van der Waals surface area contributed by atoms with Crippen molar-refractivity contribution in [3.05, 3.63) is 57.6 Å². The van der Waals surface area contributed by atoms with Crippen molar-refractivity contribution in [2.75, 3.05) is 13.7 Å². The van der Waals surface area contributed by atoms with Gasteiger partial charge in [0.05, 0.1) is 35.4 Å². The molecule has 0 aliphatic carbocycles. The maximum absolute atomic E-state index is 10.9. The summed E-state index contributed by atoms with van der Waals surface area (Å²) in [5.41, 5.74) is 1.98. The van der Waals surface area contributed by atoms with Crippen LogP contribution in [0.3, 0.4) is 0 Å². The third kappa shape index (κ3) is 4.40. The maximum Gasteiger partial charge on any atom is 0.335 e. The number of carbonyl (C=O) groups is 1. The molecule has 0 saturated carbocycles. The first kappa shape index (κ1) is 18.6. The molecule has 0 atom stereocenters. The van der Waals surface area contributed by atoms with E-state index in [9.17, 15) is 10.1 Å². The number of aromatic carboxylic acids is 1. The predicted molar refractivity (Wildman–Crippen MR) is 98.7 cm³/mol. The van der Waals surface area contributed by atoms with E-state index in [0.717, 1.165) is 5.56 Å². The van der Waals surface area contributed by atoms with Crippen LogP contribution in [0.2, 0.25) is 0 Å². The molecule has 0 fully saturated rings. The number of hydrogen-bond acceptors (Lipinski definition) is 4. The summed E-state index contributed by atoms with van der Waals surface area (Å²) < 4.78 is 11.6. The van der Waals surface area contributed by atoms with Gasteiger partial charge < -0.3 is 14.6 Å². The molecule has 0 aliphatic rings. The topological polar surface area (TPSA) is 79.5 Å². The molecule has 25 heavy (non-hydrogen) atoms. The minimum Gasteiger partial charge on any atom is -0.492 e. The van der Waals surface area contributed by atoms with Crippen LogP contribution in [0.15, 0.2) is 40.9 Å². The molecule has 0 bridgehead atoms. The van der Waals surface area contributed by atoms with E-state index in [1.165, 1.54) is 12.1 Å². The lowest BCUT2D eigenvalue weighted by Gasteiger charge is -2.12. The number of methoxy groups -OCH3 is 1. The smallest absolute Gasteiger partial charge is 0.335 e. The number of carboxylic acids is 1. The molecule has 0 unspecified atom stereocenters. The zero-order chi connectivity index (χ0) is 18.4. The summed E-state index contributed by atoms with van der Waals surface area (Å²) >= 11 is 3.44. The number of nitriles is 1. The first-order chi connectivity index (χ1) is 12.0. The SMILES string of the molecule is CCOc1cc(/C=C(/C#N)c2ccc(C(=O)O)cc2)cc(Br)c1OC. The van der Waals surface area contributed by atoms with Crippen molar-refractivity contribution in [1.82, 2.24) is 0 Å². The number of benzene rings is 2. The summed E-state index contributed by atoms with van der Waals surface area (Å²) in [6.45, 7) is 2.36. The van der Waals surface area contributed by atoms with Gasteiger partial charge in [-0.3, -0.25) is 0 Å². The first-order valence-electron chi connectivity index (χ1n) is 7.46. The summed E-state index contributed by atoms with van der Waals surface area (Å²) in [6, 6.07) is 11.9. The molecule has 5 nitrogen and oxygen atoms in total. The second-order valence-corrected chi connectivity index (χ2v) is 5.87. The number of hydrogen-bond donors (Lipinski definition) is 1. The van der Waals surface area contributed by atoms with Crippen molar-refractivity contribution in [2.24, 2.45) is 0 Å². The van der Waals surface area contributed by atoms with Crippen LogP contribution in [-0.4, -0.2) is 24.8 Å². The van der Waals surface area contributed by atoms with Gasteiger partial charge in [-0.15, -0.1) is 0 Å². The fourth-order valence-corrected chi connectivity index (χ4v) is 2.89. The highest BCUT2D eigenvalue weighted by Gasteiger charge is 2.11. The predicted octanol–water partition coefficient (Wildman–Crippen LogP) is 4.62. The molecule has 0 aromatic heterocycles. The average Bonchev–Trinajstić information content (AvgIpc) is 2.60. The standard InChI is InChI=1S/C19H16BrNO4/c1-3-25-17-10-12(9-16(20)18(17)24-2)8-15(11-21)13-4-6-14(7-5-13)19(22)23/h4-10H,3H2,1-2H3,(H,22,23)/b15-8-. The van der Waals surface area contributed by atoms with Gasteiger partial charge in [0.15, 0.2) is 11.5 Å². The molecular weight excluding hydrogens is 386 g/mol. The molecule has 128 valence electrons. The Balaban J connectivity index is 2.45. The lowest BCUT2D eigenvalue weighted by Crippen LogP contribution is -1.97. The lowest BCUT2D eigenvalue weighted by atomic mass is 10.0. The summed E-state index contributed by atoms with van der Waals surface area (Å²) in [6.07, 6.45) is 1.71. The van der Waals surface area contributed by atoms with Gasteiger partial charge in [-0.1, -0.05) is 12.1 Å². The minimum absolute atomic E-state index is 0.173. The third-order valence-corrected chi connectivity index (χ3v) is 4.00. The van der Waals surface area contributed by atoms with Crippen LogP contribution >= 0.6 is 15.9 Å². The van der Waals surface area contributed by atoms with Crippen molar-refractivity contribution in [3.8, 4) is 17.6 Å². The van der Waals surface area contributed by atoms with E-state index in [2.05, 4.69) is 22.0 Å². The van der Waals surface area contributed by atoms with E-state index >= 15 is 0 Å².